The highest BCUT2D eigenvalue weighted by molar-refractivity contribution is 5.23. The van der Waals surface area contributed by atoms with E-state index in [1.54, 1.807) is 6.07 Å². The van der Waals surface area contributed by atoms with Crippen molar-refractivity contribution < 1.29 is 4.39 Å². The van der Waals surface area contributed by atoms with E-state index in [0.29, 0.717) is 6.54 Å². The monoisotopic (exact) mass is 249 g/mol. The Hall–Kier alpha value is -0.890. The standard InChI is InChI=1S/C16H24FN/c1-12-3-6-14(7-4-12)10-18-11-15-9-13(2)5-8-16(15)17/h5,8-9,12,14,18H,3-4,6-7,10-11H2,1-2H3. The van der Waals surface area contributed by atoms with Crippen LogP contribution in [0.5, 0.6) is 0 Å². The Morgan fingerprint density at radius 1 is 1.22 bits per heavy atom. The largest absolute Gasteiger partial charge is 0.312 e. The zero-order chi connectivity index (χ0) is 13.0. The van der Waals surface area contributed by atoms with Crippen molar-refractivity contribution in [2.45, 2.75) is 46.1 Å². The Bertz CT molecular complexity index is 381. The fraction of sp³-hybridized carbons (Fsp3) is 0.625. The minimum Gasteiger partial charge on any atom is -0.312 e. The Labute approximate surface area is 110 Å². The fourth-order valence-corrected chi connectivity index (χ4v) is 2.78. The van der Waals surface area contributed by atoms with Crippen molar-refractivity contribution in [1.29, 1.82) is 0 Å². The van der Waals surface area contributed by atoms with Crippen molar-refractivity contribution >= 4 is 0 Å². The number of nitrogens with one attached hydrogen (secondary N) is 1. The average Bonchev–Trinajstić information content (AvgIpc) is 2.36. The maximum atomic E-state index is 13.5. The summed E-state index contributed by atoms with van der Waals surface area (Å²) in [5.41, 5.74) is 1.92. The Morgan fingerprint density at radius 3 is 2.67 bits per heavy atom. The van der Waals surface area contributed by atoms with Gasteiger partial charge in [-0.2, -0.15) is 0 Å². The van der Waals surface area contributed by atoms with E-state index in [1.165, 1.54) is 25.7 Å². The first-order valence-electron chi connectivity index (χ1n) is 7.11. The molecular formula is C16H24FN. The van der Waals surface area contributed by atoms with Crippen LogP contribution >= 0.6 is 0 Å². The molecule has 1 aromatic rings. The highest BCUT2D eigenvalue weighted by Crippen LogP contribution is 2.27. The van der Waals surface area contributed by atoms with Gasteiger partial charge in [-0.1, -0.05) is 37.5 Å². The molecule has 1 nitrogen and oxygen atoms in total. The summed E-state index contributed by atoms with van der Waals surface area (Å²) in [7, 11) is 0. The van der Waals surface area contributed by atoms with E-state index in [0.717, 1.165) is 29.5 Å². The molecule has 0 spiro atoms. The van der Waals surface area contributed by atoms with Gasteiger partial charge in [-0.25, -0.2) is 4.39 Å². The summed E-state index contributed by atoms with van der Waals surface area (Å²) in [6.07, 6.45) is 5.35. The van der Waals surface area contributed by atoms with Gasteiger partial charge in [0.05, 0.1) is 0 Å². The van der Waals surface area contributed by atoms with Crippen LogP contribution in [0.3, 0.4) is 0 Å². The molecule has 1 aliphatic rings. The Morgan fingerprint density at radius 2 is 1.94 bits per heavy atom. The van der Waals surface area contributed by atoms with Crippen LogP contribution in [0.2, 0.25) is 0 Å². The predicted octanol–water partition coefficient (Wildman–Crippen LogP) is 4.05. The van der Waals surface area contributed by atoms with Crippen LogP contribution < -0.4 is 5.32 Å². The zero-order valence-electron chi connectivity index (χ0n) is 11.5. The van der Waals surface area contributed by atoms with E-state index in [9.17, 15) is 4.39 Å². The molecule has 100 valence electrons. The van der Waals surface area contributed by atoms with Gasteiger partial charge in [0.1, 0.15) is 5.82 Å². The van der Waals surface area contributed by atoms with Crippen LogP contribution in [0.25, 0.3) is 0 Å². The summed E-state index contributed by atoms with van der Waals surface area (Å²) >= 11 is 0. The second-order valence-electron chi connectivity index (χ2n) is 5.85. The van der Waals surface area contributed by atoms with E-state index in [4.69, 9.17) is 0 Å². The number of benzene rings is 1. The van der Waals surface area contributed by atoms with Crippen molar-refractivity contribution in [3.63, 3.8) is 0 Å². The Balaban J connectivity index is 1.76. The van der Waals surface area contributed by atoms with Gasteiger partial charge >= 0.3 is 0 Å². The molecule has 1 saturated carbocycles. The molecule has 0 radical (unpaired) electrons. The smallest absolute Gasteiger partial charge is 0.127 e. The highest BCUT2D eigenvalue weighted by Gasteiger charge is 2.17. The minimum atomic E-state index is -0.0923. The molecule has 1 aromatic carbocycles. The lowest BCUT2D eigenvalue weighted by Crippen LogP contribution is -2.26. The first-order chi connectivity index (χ1) is 8.65. The lowest BCUT2D eigenvalue weighted by Gasteiger charge is -2.26. The number of halogens is 1. The maximum Gasteiger partial charge on any atom is 0.127 e. The number of hydrogen-bond acceptors (Lipinski definition) is 1. The summed E-state index contributed by atoms with van der Waals surface area (Å²) in [5.74, 6) is 1.59. The fourth-order valence-electron chi connectivity index (χ4n) is 2.78. The molecular weight excluding hydrogens is 225 g/mol. The van der Waals surface area contributed by atoms with Crippen molar-refractivity contribution in [2.75, 3.05) is 6.54 Å². The first kappa shape index (κ1) is 13.5. The lowest BCUT2D eigenvalue weighted by molar-refractivity contribution is 0.281. The molecule has 0 aliphatic heterocycles. The van der Waals surface area contributed by atoms with Crippen molar-refractivity contribution in [2.24, 2.45) is 11.8 Å². The molecule has 1 N–H and O–H groups in total. The normalized spacial score (nSPS) is 24.2. The van der Waals surface area contributed by atoms with E-state index < -0.39 is 0 Å². The summed E-state index contributed by atoms with van der Waals surface area (Å²) in [5, 5.41) is 3.41. The van der Waals surface area contributed by atoms with Gasteiger partial charge in [0.15, 0.2) is 0 Å². The zero-order valence-corrected chi connectivity index (χ0v) is 11.5. The van der Waals surface area contributed by atoms with Crippen LogP contribution in [0, 0.1) is 24.6 Å². The van der Waals surface area contributed by atoms with E-state index in [1.807, 2.05) is 19.1 Å². The van der Waals surface area contributed by atoms with Gasteiger partial charge in [0, 0.05) is 12.1 Å². The number of hydrogen-bond donors (Lipinski definition) is 1. The highest BCUT2D eigenvalue weighted by atomic mass is 19.1. The molecule has 0 aromatic heterocycles. The van der Waals surface area contributed by atoms with Gasteiger partial charge < -0.3 is 5.32 Å². The van der Waals surface area contributed by atoms with Gasteiger partial charge in [0.25, 0.3) is 0 Å². The van der Waals surface area contributed by atoms with Gasteiger partial charge in [-0.15, -0.1) is 0 Å². The van der Waals surface area contributed by atoms with E-state index >= 15 is 0 Å². The SMILES string of the molecule is Cc1ccc(F)c(CNCC2CCC(C)CC2)c1. The molecule has 1 fully saturated rings. The maximum absolute atomic E-state index is 13.5. The third-order valence-corrected chi connectivity index (χ3v) is 4.09. The number of rotatable bonds is 4. The van der Waals surface area contributed by atoms with Crippen LogP contribution in [-0.4, -0.2) is 6.54 Å². The second kappa shape index (κ2) is 6.33. The summed E-state index contributed by atoms with van der Waals surface area (Å²) in [6, 6.07) is 5.32. The quantitative estimate of drug-likeness (QED) is 0.849. The summed E-state index contributed by atoms with van der Waals surface area (Å²) in [4.78, 5) is 0. The second-order valence-corrected chi connectivity index (χ2v) is 5.85. The average molecular weight is 249 g/mol. The van der Waals surface area contributed by atoms with Gasteiger partial charge in [-0.05, 0) is 44.2 Å². The molecule has 2 heteroatoms. The van der Waals surface area contributed by atoms with Crippen LogP contribution in [0.15, 0.2) is 18.2 Å². The number of aryl methyl sites for hydroxylation is 1. The molecule has 0 bridgehead atoms. The van der Waals surface area contributed by atoms with Gasteiger partial charge in [-0.3, -0.25) is 0 Å². The van der Waals surface area contributed by atoms with Crippen LogP contribution in [-0.2, 0) is 6.54 Å². The molecule has 2 rings (SSSR count). The molecule has 0 saturated heterocycles. The first-order valence-corrected chi connectivity index (χ1v) is 7.11. The molecule has 0 heterocycles. The minimum absolute atomic E-state index is 0.0923. The van der Waals surface area contributed by atoms with E-state index in [2.05, 4.69) is 12.2 Å². The van der Waals surface area contributed by atoms with Crippen LogP contribution in [0.4, 0.5) is 4.39 Å². The van der Waals surface area contributed by atoms with E-state index in [-0.39, 0.29) is 5.82 Å². The van der Waals surface area contributed by atoms with Crippen molar-refractivity contribution in [3.8, 4) is 0 Å². The molecule has 1 aliphatic carbocycles. The summed E-state index contributed by atoms with van der Waals surface area (Å²) in [6.45, 7) is 6.02. The molecule has 0 unspecified atom stereocenters. The third kappa shape index (κ3) is 3.81. The third-order valence-electron chi connectivity index (χ3n) is 4.09. The van der Waals surface area contributed by atoms with Crippen molar-refractivity contribution in [3.05, 3.63) is 35.1 Å². The topological polar surface area (TPSA) is 12.0 Å². The lowest BCUT2D eigenvalue weighted by atomic mass is 9.83. The molecule has 0 amide bonds. The van der Waals surface area contributed by atoms with Crippen molar-refractivity contribution in [1.82, 2.24) is 5.32 Å². The molecule has 18 heavy (non-hydrogen) atoms. The predicted molar refractivity (Wildman–Crippen MR) is 74.0 cm³/mol. The molecule has 0 atom stereocenters. The summed E-state index contributed by atoms with van der Waals surface area (Å²) < 4.78 is 13.5. The van der Waals surface area contributed by atoms with Gasteiger partial charge in [0.2, 0.25) is 0 Å². The van der Waals surface area contributed by atoms with Crippen LogP contribution in [0.1, 0.15) is 43.7 Å². The Kier molecular flexibility index (Phi) is 4.76.